The first-order valence-electron chi connectivity index (χ1n) is 8.86. The Hall–Kier alpha value is -1.40. The van der Waals surface area contributed by atoms with E-state index in [1.54, 1.807) is 23.1 Å². The van der Waals surface area contributed by atoms with Crippen LogP contribution in [0.15, 0.2) is 30.3 Å². The Labute approximate surface area is 154 Å². The highest BCUT2D eigenvalue weighted by Crippen LogP contribution is 2.19. The molecule has 2 aliphatic rings. The van der Waals surface area contributed by atoms with Crippen LogP contribution in [0.3, 0.4) is 0 Å². The number of β-amino-alcohol motifs (C(OH)–C–C–N with tert-alkyl or cyclic N) is 1. The predicted octanol–water partition coefficient (Wildman–Crippen LogP) is 1.56. The normalized spacial score (nSPS) is 26.3. The number of piperazine rings is 1. The summed E-state index contributed by atoms with van der Waals surface area (Å²) >= 11 is 5.96. The van der Waals surface area contributed by atoms with Crippen LogP contribution in [0.1, 0.15) is 12.0 Å². The maximum absolute atomic E-state index is 12.4. The van der Waals surface area contributed by atoms with E-state index in [9.17, 15) is 9.90 Å². The third kappa shape index (κ3) is 4.82. The molecule has 0 aliphatic carbocycles. The van der Waals surface area contributed by atoms with Crippen LogP contribution in [-0.4, -0.2) is 84.2 Å². The quantitative estimate of drug-likeness (QED) is 0.828. The minimum Gasteiger partial charge on any atom is -0.390 e. The first-order valence-corrected chi connectivity index (χ1v) is 9.24. The second-order valence-corrected chi connectivity index (χ2v) is 7.37. The molecule has 0 unspecified atom stereocenters. The third-order valence-electron chi connectivity index (χ3n) is 5.13. The van der Waals surface area contributed by atoms with Gasteiger partial charge in [-0.25, -0.2) is 0 Å². The predicted molar refractivity (Wildman–Crippen MR) is 101 cm³/mol. The average molecular weight is 364 g/mol. The second-order valence-electron chi connectivity index (χ2n) is 6.94. The highest BCUT2D eigenvalue weighted by Gasteiger charge is 2.34. The minimum absolute atomic E-state index is 0.0594. The molecule has 2 aliphatic heterocycles. The molecule has 3 rings (SSSR count). The number of piperidine rings is 1. The van der Waals surface area contributed by atoms with Gasteiger partial charge in [0.2, 0.25) is 5.91 Å². The van der Waals surface area contributed by atoms with Crippen molar-refractivity contribution in [3.63, 3.8) is 0 Å². The lowest BCUT2D eigenvalue weighted by Crippen LogP contribution is -2.58. The van der Waals surface area contributed by atoms with Crippen molar-refractivity contribution < 1.29 is 9.90 Å². The molecule has 2 saturated heterocycles. The van der Waals surface area contributed by atoms with Gasteiger partial charge in [0.1, 0.15) is 0 Å². The standard InChI is InChI=1S/C19H26ClN3O2/c1-21-9-11-22(12-10-21)17-7-8-23(14-18(17)24)19(25)6-5-15-3-2-4-16(20)13-15/h2-6,13,17-18,24H,7-12,14H2,1H3/b6-5+/t17-,18-/m1/s1. The van der Waals surface area contributed by atoms with Crippen molar-refractivity contribution in [1.29, 1.82) is 0 Å². The number of rotatable bonds is 3. The van der Waals surface area contributed by atoms with Crippen LogP contribution >= 0.6 is 11.6 Å². The van der Waals surface area contributed by atoms with E-state index in [-0.39, 0.29) is 11.9 Å². The fourth-order valence-electron chi connectivity index (χ4n) is 3.58. The van der Waals surface area contributed by atoms with Crippen LogP contribution in [0.5, 0.6) is 0 Å². The Bertz CT molecular complexity index is 629. The summed E-state index contributed by atoms with van der Waals surface area (Å²) in [6.07, 6.45) is 3.67. The monoisotopic (exact) mass is 363 g/mol. The van der Waals surface area contributed by atoms with Gasteiger partial charge in [0, 0.05) is 56.4 Å². The molecule has 1 aromatic carbocycles. The molecule has 6 heteroatoms. The molecule has 0 radical (unpaired) electrons. The summed E-state index contributed by atoms with van der Waals surface area (Å²) in [4.78, 5) is 18.8. The van der Waals surface area contributed by atoms with E-state index in [1.165, 1.54) is 0 Å². The molecule has 136 valence electrons. The first kappa shape index (κ1) is 18.4. The zero-order chi connectivity index (χ0) is 17.8. The number of aliphatic hydroxyl groups excluding tert-OH is 1. The van der Waals surface area contributed by atoms with E-state index < -0.39 is 6.10 Å². The SMILES string of the molecule is CN1CCN([C@@H]2CCN(C(=O)/C=C/c3cccc(Cl)c3)C[C@H]2O)CC1. The summed E-state index contributed by atoms with van der Waals surface area (Å²) in [5, 5.41) is 11.2. The summed E-state index contributed by atoms with van der Waals surface area (Å²) in [7, 11) is 2.13. The van der Waals surface area contributed by atoms with Crippen molar-refractivity contribution in [3.8, 4) is 0 Å². The van der Waals surface area contributed by atoms with Crippen LogP contribution < -0.4 is 0 Å². The van der Waals surface area contributed by atoms with Gasteiger partial charge < -0.3 is 14.9 Å². The highest BCUT2D eigenvalue weighted by atomic mass is 35.5. The number of carbonyl (C=O) groups is 1. The molecule has 2 fully saturated rings. The Balaban J connectivity index is 1.54. The Kier molecular flexibility index (Phi) is 6.12. The van der Waals surface area contributed by atoms with E-state index in [0.29, 0.717) is 18.1 Å². The molecule has 1 aromatic rings. The number of nitrogens with zero attached hydrogens (tertiary/aromatic N) is 3. The van der Waals surface area contributed by atoms with Gasteiger partial charge in [0.15, 0.2) is 0 Å². The summed E-state index contributed by atoms with van der Waals surface area (Å²) in [6.45, 7) is 5.13. The summed E-state index contributed by atoms with van der Waals surface area (Å²) in [5.74, 6) is -0.0594. The van der Waals surface area contributed by atoms with Gasteiger partial charge in [-0.1, -0.05) is 23.7 Å². The third-order valence-corrected chi connectivity index (χ3v) is 5.37. The molecule has 0 saturated carbocycles. The molecular weight excluding hydrogens is 338 g/mol. The fourth-order valence-corrected chi connectivity index (χ4v) is 3.78. The molecule has 0 spiro atoms. The molecule has 25 heavy (non-hydrogen) atoms. The maximum atomic E-state index is 12.4. The van der Waals surface area contributed by atoms with Crippen molar-refractivity contribution in [1.82, 2.24) is 14.7 Å². The smallest absolute Gasteiger partial charge is 0.246 e. The van der Waals surface area contributed by atoms with Gasteiger partial charge in [0.25, 0.3) is 0 Å². The molecule has 2 atom stereocenters. The van der Waals surface area contributed by atoms with E-state index in [4.69, 9.17) is 11.6 Å². The molecule has 1 amide bonds. The average Bonchev–Trinajstić information content (AvgIpc) is 2.60. The zero-order valence-corrected chi connectivity index (χ0v) is 15.4. The number of amides is 1. The van der Waals surface area contributed by atoms with E-state index in [0.717, 1.165) is 38.2 Å². The number of hydrogen-bond donors (Lipinski definition) is 1. The number of halogens is 1. The van der Waals surface area contributed by atoms with Gasteiger partial charge in [-0.3, -0.25) is 9.69 Å². The van der Waals surface area contributed by atoms with Crippen LogP contribution in [0.2, 0.25) is 5.02 Å². The summed E-state index contributed by atoms with van der Waals surface area (Å²) < 4.78 is 0. The number of hydrogen-bond acceptors (Lipinski definition) is 4. The molecule has 2 heterocycles. The summed E-state index contributed by atoms with van der Waals surface area (Å²) in [5.41, 5.74) is 0.897. The minimum atomic E-state index is -0.485. The number of likely N-dealkylation sites (tertiary alicyclic amines) is 1. The molecule has 0 bridgehead atoms. The van der Waals surface area contributed by atoms with Gasteiger partial charge in [-0.2, -0.15) is 0 Å². The lowest BCUT2D eigenvalue weighted by molar-refractivity contribution is -0.131. The molecule has 0 aromatic heterocycles. The topological polar surface area (TPSA) is 47.0 Å². The number of carbonyl (C=O) groups excluding carboxylic acids is 1. The Morgan fingerprint density at radius 2 is 2.00 bits per heavy atom. The second kappa shape index (κ2) is 8.32. The van der Waals surface area contributed by atoms with Crippen molar-refractivity contribution in [3.05, 3.63) is 40.9 Å². The van der Waals surface area contributed by atoms with E-state index in [2.05, 4.69) is 16.8 Å². The van der Waals surface area contributed by atoms with Crippen LogP contribution in [0.4, 0.5) is 0 Å². The van der Waals surface area contributed by atoms with E-state index >= 15 is 0 Å². The zero-order valence-electron chi connectivity index (χ0n) is 14.6. The fraction of sp³-hybridized carbons (Fsp3) is 0.526. The van der Waals surface area contributed by atoms with Crippen molar-refractivity contribution in [2.45, 2.75) is 18.6 Å². The van der Waals surface area contributed by atoms with Crippen LogP contribution in [0.25, 0.3) is 6.08 Å². The van der Waals surface area contributed by atoms with Crippen molar-refractivity contribution in [2.75, 3.05) is 46.3 Å². The van der Waals surface area contributed by atoms with Gasteiger partial charge in [-0.05, 0) is 37.2 Å². The van der Waals surface area contributed by atoms with Crippen molar-refractivity contribution in [2.24, 2.45) is 0 Å². The van der Waals surface area contributed by atoms with Crippen LogP contribution in [0, 0.1) is 0 Å². The lowest BCUT2D eigenvalue weighted by Gasteiger charge is -2.44. The van der Waals surface area contributed by atoms with Gasteiger partial charge in [0.05, 0.1) is 6.10 Å². The summed E-state index contributed by atoms with van der Waals surface area (Å²) in [6, 6.07) is 7.55. The Morgan fingerprint density at radius 1 is 1.24 bits per heavy atom. The lowest BCUT2D eigenvalue weighted by atomic mass is 9.99. The van der Waals surface area contributed by atoms with E-state index in [1.807, 2.05) is 18.2 Å². The first-order chi connectivity index (χ1) is 12.0. The highest BCUT2D eigenvalue weighted by molar-refractivity contribution is 6.30. The number of likely N-dealkylation sites (N-methyl/N-ethyl adjacent to an activating group) is 1. The van der Waals surface area contributed by atoms with Gasteiger partial charge >= 0.3 is 0 Å². The van der Waals surface area contributed by atoms with Gasteiger partial charge in [-0.15, -0.1) is 0 Å². The Morgan fingerprint density at radius 3 is 2.68 bits per heavy atom. The van der Waals surface area contributed by atoms with Crippen molar-refractivity contribution >= 4 is 23.6 Å². The molecule has 5 nitrogen and oxygen atoms in total. The molecule has 1 N–H and O–H groups in total. The molecular formula is C19H26ClN3O2. The van der Waals surface area contributed by atoms with Crippen LogP contribution in [-0.2, 0) is 4.79 Å². The maximum Gasteiger partial charge on any atom is 0.246 e. The number of aliphatic hydroxyl groups is 1. The number of benzene rings is 1. The largest absolute Gasteiger partial charge is 0.390 e.